The topological polar surface area (TPSA) is 158 Å². The smallest absolute Gasteiger partial charge is 0.230 e. The molecule has 9 nitrogen and oxygen atoms in total. The summed E-state index contributed by atoms with van der Waals surface area (Å²) in [7, 11) is 3.25. The molecular formula is C29H32N2O7. The number of aryl methyl sites for hydroxylation is 2. The molecule has 3 aliphatic rings. The van der Waals surface area contributed by atoms with Crippen molar-refractivity contribution in [3.8, 4) is 5.75 Å². The third kappa shape index (κ3) is 3.80. The number of ketones is 3. The van der Waals surface area contributed by atoms with Gasteiger partial charge in [-0.2, -0.15) is 0 Å². The molecule has 38 heavy (non-hydrogen) atoms. The van der Waals surface area contributed by atoms with Crippen molar-refractivity contribution >= 4 is 23.3 Å². The van der Waals surface area contributed by atoms with Crippen LogP contribution in [-0.2, 0) is 33.6 Å². The first kappa shape index (κ1) is 26.2. The molecule has 0 aliphatic heterocycles. The van der Waals surface area contributed by atoms with Gasteiger partial charge in [-0.3, -0.25) is 19.2 Å². The average Bonchev–Trinajstić information content (AvgIpc) is 2.86. The number of aliphatic hydroxyl groups is 2. The van der Waals surface area contributed by atoms with Gasteiger partial charge in [0.2, 0.25) is 5.91 Å². The van der Waals surface area contributed by atoms with Crippen molar-refractivity contribution in [3.63, 3.8) is 0 Å². The van der Waals surface area contributed by atoms with E-state index in [1.807, 2.05) is 30.3 Å². The van der Waals surface area contributed by atoms with Crippen LogP contribution in [0.5, 0.6) is 5.75 Å². The number of aromatic hydroxyl groups is 1. The van der Waals surface area contributed by atoms with Crippen LogP contribution in [0.1, 0.15) is 33.5 Å². The average molecular weight is 521 g/mol. The predicted octanol–water partition coefficient (Wildman–Crippen LogP) is 0.444. The number of phenols is 1. The van der Waals surface area contributed by atoms with E-state index in [9.17, 15) is 34.5 Å². The molecule has 200 valence electrons. The van der Waals surface area contributed by atoms with Gasteiger partial charge in [-0.25, -0.2) is 0 Å². The minimum absolute atomic E-state index is 0.0473. The first-order valence-electron chi connectivity index (χ1n) is 12.8. The summed E-state index contributed by atoms with van der Waals surface area (Å²) in [6.45, 7) is 0. The molecule has 5 rings (SSSR count). The number of carbonyl (C=O) groups is 4. The summed E-state index contributed by atoms with van der Waals surface area (Å²) in [5.74, 6) is -8.90. The summed E-state index contributed by atoms with van der Waals surface area (Å²) >= 11 is 0. The van der Waals surface area contributed by atoms with E-state index in [0.29, 0.717) is 18.4 Å². The van der Waals surface area contributed by atoms with E-state index >= 15 is 0 Å². The fourth-order valence-electron chi connectivity index (χ4n) is 7.04. The Morgan fingerprint density at radius 3 is 2.37 bits per heavy atom. The number of rotatable bonds is 5. The van der Waals surface area contributed by atoms with Gasteiger partial charge < -0.3 is 26.0 Å². The highest BCUT2D eigenvalue weighted by atomic mass is 16.3. The minimum atomic E-state index is -2.65. The Bertz CT molecular complexity index is 1320. The normalized spacial score (nSPS) is 32.5. The third-order valence-corrected chi connectivity index (χ3v) is 8.80. The van der Waals surface area contributed by atoms with E-state index in [1.54, 1.807) is 25.1 Å². The molecule has 2 aromatic carbocycles. The van der Waals surface area contributed by atoms with Crippen LogP contribution in [0.2, 0.25) is 0 Å². The Morgan fingerprint density at radius 1 is 1.05 bits per heavy atom. The van der Waals surface area contributed by atoms with Crippen molar-refractivity contribution in [1.29, 1.82) is 0 Å². The second-order valence-corrected chi connectivity index (χ2v) is 11.1. The maximum absolute atomic E-state index is 13.9. The Labute approximate surface area is 220 Å². The number of hydrogen-bond donors (Lipinski definition) is 4. The highest BCUT2D eigenvalue weighted by Crippen LogP contribution is 2.51. The second-order valence-electron chi connectivity index (χ2n) is 11.1. The number of likely N-dealkylation sites (N-methyl/N-ethyl adjacent to an activating group) is 1. The van der Waals surface area contributed by atoms with Crippen molar-refractivity contribution in [2.45, 2.75) is 43.4 Å². The maximum Gasteiger partial charge on any atom is 0.230 e. The molecule has 2 fully saturated rings. The zero-order chi connectivity index (χ0) is 27.5. The molecule has 3 aliphatic carbocycles. The summed E-state index contributed by atoms with van der Waals surface area (Å²) < 4.78 is 0. The molecule has 0 aromatic heterocycles. The molecule has 2 saturated carbocycles. The molecule has 5 N–H and O–H groups in total. The molecule has 1 amide bonds. The maximum atomic E-state index is 13.9. The van der Waals surface area contributed by atoms with Crippen LogP contribution in [0, 0.1) is 23.7 Å². The van der Waals surface area contributed by atoms with Gasteiger partial charge in [0.05, 0.1) is 17.6 Å². The molecule has 0 spiro atoms. The first-order valence-corrected chi connectivity index (χ1v) is 12.8. The molecule has 9 heteroatoms. The highest BCUT2D eigenvalue weighted by molar-refractivity contribution is 6.25. The van der Waals surface area contributed by atoms with Gasteiger partial charge in [0.1, 0.15) is 11.7 Å². The summed E-state index contributed by atoms with van der Waals surface area (Å²) in [4.78, 5) is 54.7. The van der Waals surface area contributed by atoms with Gasteiger partial charge in [-0.1, -0.05) is 36.4 Å². The van der Waals surface area contributed by atoms with Crippen LogP contribution in [-0.4, -0.2) is 75.3 Å². The van der Waals surface area contributed by atoms with Crippen molar-refractivity contribution in [2.75, 3.05) is 14.1 Å². The lowest BCUT2D eigenvalue weighted by atomic mass is 9.52. The number of phenolic OH excluding ortho intramolecular Hbond substituents is 1. The van der Waals surface area contributed by atoms with Crippen LogP contribution < -0.4 is 5.73 Å². The van der Waals surface area contributed by atoms with E-state index in [0.717, 1.165) is 17.5 Å². The van der Waals surface area contributed by atoms with Gasteiger partial charge in [0.25, 0.3) is 0 Å². The van der Waals surface area contributed by atoms with Crippen LogP contribution in [0.4, 0.5) is 0 Å². The Hall–Kier alpha value is -3.40. The largest absolute Gasteiger partial charge is 0.507 e. The monoisotopic (exact) mass is 520 g/mol. The molecule has 0 bridgehead atoms. The molecule has 2 aromatic rings. The lowest BCUT2D eigenvalue weighted by Crippen LogP contribution is -2.75. The van der Waals surface area contributed by atoms with Crippen molar-refractivity contribution < 1.29 is 34.5 Å². The number of Topliss-reactive ketones (excluding diaryl/α,β-unsaturated/α-hetero) is 3. The summed E-state index contributed by atoms with van der Waals surface area (Å²) in [5.41, 5.74) is 5.49. The van der Waals surface area contributed by atoms with E-state index in [1.165, 1.54) is 6.07 Å². The van der Waals surface area contributed by atoms with Gasteiger partial charge in [0, 0.05) is 12.0 Å². The molecule has 0 heterocycles. The SMILES string of the molecule is CN(C)[C@H]1C(O)C(C(N)=O)C(=O)[C@]2(O)C(=O)C3C(=O)c4c(O)ccc(CCc5ccccc5)c4C[C@@H]3C[C@H]12. The molecule has 0 saturated heterocycles. The van der Waals surface area contributed by atoms with Gasteiger partial charge in [-0.05, 0) is 68.5 Å². The van der Waals surface area contributed by atoms with E-state index < -0.39 is 64.7 Å². The fourth-order valence-corrected chi connectivity index (χ4v) is 7.04. The summed E-state index contributed by atoms with van der Waals surface area (Å²) in [6, 6.07) is 12.2. The van der Waals surface area contributed by atoms with Gasteiger partial charge in [0.15, 0.2) is 23.0 Å². The van der Waals surface area contributed by atoms with E-state index in [-0.39, 0.29) is 17.7 Å². The standard InChI is InChI=1S/C29H32N2O7/c1-31(2)23-18-13-16-12-17-15(9-8-14-6-4-3-5-7-14)10-11-19(32)21(17)24(33)20(16)26(35)29(18,38)27(36)22(25(23)34)28(30)37/h3-7,10-11,16,18,20,22-23,25,32,34,38H,8-9,12-13H2,1-2H3,(H2,30,37)/t16-,18-,20?,22?,23-,25?,29-/m1/s1. The predicted molar refractivity (Wildman–Crippen MR) is 136 cm³/mol. The fraction of sp³-hybridized carbons (Fsp3) is 0.448. The number of carbonyl (C=O) groups excluding carboxylic acids is 4. The zero-order valence-electron chi connectivity index (χ0n) is 21.3. The number of fused-ring (bicyclic) bond motifs is 3. The number of hydrogen-bond acceptors (Lipinski definition) is 8. The number of amides is 1. The Morgan fingerprint density at radius 2 is 1.74 bits per heavy atom. The molecule has 7 atom stereocenters. The van der Waals surface area contributed by atoms with Crippen molar-refractivity contribution in [2.24, 2.45) is 29.4 Å². The van der Waals surface area contributed by atoms with E-state index in [2.05, 4.69) is 0 Å². The second kappa shape index (κ2) is 9.41. The van der Waals surface area contributed by atoms with Gasteiger partial charge >= 0.3 is 0 Å². The number of nitrogens with zero attached hydrogens (tertiary/aromatic N) is 1. The molecule has 0 radical (unpaired) electrons. The van der Waals surface area contributed by atoms with Crippen LogP contribution in [0.3, 0.4) is 0 Å². The molecule has 3 unspecified atom stereocenters. The Kier molecular flexibility index (Phi) is 6.49. The molecular weight excluding hydrogens is 488 g/mol. The number of aliphatic hydroxyl groups excluding tert-OH is 1. The summed E-state index contributed by atoms with van der Waals surface area (Å²) in [5, 5.41) is 33.3. The highest BCUT2D eigenvalue weighted by Gasteiger charge is 2.69. The van der Waals surface area contributed by atoms with Crippen molar-refractivity contribution in [3.05, 3.63) is 64.7 Å². The van der Waals surface area contributed by atoms with E-state index in [4.69, 9.17) is 5.73 Å². The van der Waals surface area contributed by atoms with Crippen LogP contribution in [0.25, 0.3) is 0 Å². The number of primary amides is 1. The lowest BCUT2D eigenvalue weighted by Gasteiger charge is -2.54. The summed E-state index contributed by atoms with van der Waals surface area (Å²) in [6.07, 6.45) is 0.229. The first-order chi connectivity index (χ1) is 18.0. The Balaban J connectivity index is 1.56. The number of nitrogens with two attached hydrogens (primary N) is 1. The van der Waals surface area contributed by atoms with Crippen LogP contribution in [0.15, 0.2) is 42.5 Å². The zero-order valence-corrected chi connectivity index (χ0v) is 21.3. The van der Waals surface area contributed by atoms with Crippen LogP contribution >= 0.6 is 0 Å². The third-order valence-electron chi connectivity index (χ3n) is 8.80. The quantitative estimate of drug-likeness (QED) is 0.414. The number of benzene rings is 2. The lowest BCUT2D eigenvalue weighted by molar-refractivity contribution is -0.190. The van der Waals surface area contributed by atoms with Crippen molar-refractivity contribution in [1.82, 2.24) is 4.90 Å². The van der Waals surface area contributed by atoms with Gasteiger partial charge in [-0.15, -0.1) is 0 Å². The minimum Gasteiger partial charge on any atom is -0.507 e.